The lowest BCUT2D eigenvalue weighted by molar-refractivity contribution is -0.122. The quantitative estimate of drug-likeness (QED) is 0.586. The third kappa shape index (κ3) is 3.19. The number of rotatable bonds is 4. The molecule has 0 saturated carbocycles. The SMILES string of the molecule is COc1ccc2ccccc2c1/C=C1\SC(=S)N(CC(C)C)C1=O. The largest absolute Gasteiger partial charge is 0.496 e. The summed E-state index contributed by atoms with van der Waals surface area (Å²) in [7, 11) is 1.64. The molecule has 24 heavy (non-hydrogen) atoms. The number of thioether (sulfide) groups is 1. The minimum Gasteiger partial charge on any atom is -0.496 e. The standard InChI is InChI=1S/C19H19NO2S2/c1-12(2)11-20-18(21)17(24-19(20)23)10-15-14-7-5-4-6-13(14)8-9-16(15)22-3/h4-10,12H,11H2,1-3H3/b17-10-. The summed E-state index contributed by atoms with van der Waals surface area (Å²) in [6.45, 7) is 4.81. The van der Waals surface area contributed by atoms with Gasteiger partial charge in [-0.05, 0) is 28.8 Å². The highest BCUT2D eigenvalue weighted by Crippen LogP contribution is 2.37. The van der Waals surface area contributed by atoms with Crippen LogP contribution in [0.1, 0.15) is 19.4 Å². The van der Waals surface area contributed by atoms with Crippen LogP contribution in [0.2, 0.25) is 0 Å². The van der Waals surface area contributed by atoms with Gasteiger partial charge in [0.25, 0.3) is 5.91 Å². The van der Waals surface area contributed by atoms with Crippen LogP contribution in [0.4, 0.5) is 0 Å². The first-order chi connectivity index (χ1) is 11.5. The molecule has 3 nitrogen and oxygen atoms in total. The molecule has 1 aliphatic rings. The monoisotopic (exact) mass is 357 g/mol. The summed E-state index contributed by atoms with van der Waals surface area (Å²) in [5.41, 5.74) is 0.917. The number of benzene rings is 2. The number of amides is 1. The van der Waals surface area contributed by atoms with Crippen LogP contribution in [0.3, 0.4) is 0 Å². The third-order valence-corrected chi connectivity index (χ3v) is 5.23. The maximum absolute atomic E-state index is 12.7. The number of hydrogen-bond donors (Lipinski definition) is 0. The minimum absolute atomic E-state index is 0.0197. The second kappa shape index (κ2) is 6.95. The van der Waals surface area contributed by atoms with E-state index in [4.69, 9.17) is 17.0 Å². The Morgan fingerprint density at radius 3 is 2.71 bits per heavy atom. The van der Waals surface area contributed by atoms with Crippen molar-refractivity contribution < 1.29 is 9.53 Å². The number of carbonyl (C=O) groups is 1. The zero-order chi connectivity index (χ0) is 17.3. The van der Waals surface area contributed by atoms with Crippen LogP contribution >= 0.6 is 24.0 Å². The molecule has 1 aliphatic heterocycles. The van der Waals surface area contributed by atoms with E-state index in [0.29, 0.717) is 21.7 Å². The topological polar surface area (TPSA) is 29.5 Å². The van der Waals surface area contributed by atoms with E-state index in [1.54, 1.807) is 12.0 Å². The Labute approximate surface area is 151 Å². The van der Waals surface area contributed by atoms with Crippen LogP contribution in [0.15, 0.2) is 41.3 Å². The average molecular weight is 358 g/mol. The number of thiocarbonyl (C=S) groups is 1. The first-order valence-corrected chi connectivity index (χ1v) is 9.05. The van der Waals surface area contributed by atoms with Gasteiger partial charge in [0.15, 0.2) is 0 Å². The normalized spacial score (nSPS) is 16.7. The molecule has 0 unspecified atom stereocenters. The Morgan fingerprint density at radius 2 is 2.00 bits per heavy atom. The molecule has 0 bridgehead atoms. The summed E-state index contributed by atoms with van der Waals surface area (Å²) in [6.07, 6.45) is 1.90. The van der Waals surface area contributed by atoms with Gasteiger partial charge in [0.2, 0.25) is 0 Å². The highest BCUT2D eigenvalue weighted by atomic mass is 32.2. The van der Waals surface area contributed by atoms with Crippen LogP contribution in [-0.2, 0) is 4.79 Å². The number of nitrogens with zero attached hydrogens (tertiary/aromatic N) is 1. The van der Waals surface area contributed by atoms with Crippen molar-refractivity contribution in [3.8, 4) is 5.75 Å². The Hall–Kier alpha value is -1.85. The predicted molar refractivity (Wildman–Crippen MR) is 105 cm³/mol. The molecule has 1 heterocycles. The van der Waals surface area contributed by atoms with Gasteiger partial charge in [-0.15, -0.1) is 0 Å². The molecule has 5 heteroatoms. The van der Waals surface area contributed by atoms with Crippen molar-refractivity contribution in [2.24, 2.45) is 5.92 Å². The molecule has 0 N–H and O–H groups in total. The predicted octanol–water partition coefficient (Wildman–Crippen LogP) is 4.71. The summed E-state index contributed by atoms with van der Waals surface area (Å²) in [5, 5.41) is 2.17. The van der Waals surface area contributed by atoms with Gasteiger partial charge >= 0.3 is 0 Å². The first kappa shape index (κ1) is 17.0. The molecule has 0 aromatic heterocycles. The van der Waals surface area contributed by atoms with Gasteiger partial charge in [-0.25, -0.2) is 0 Å². The van der Waals surface area contributed by atoms with Crippen molar-refractivity contribution in [3.63, 3.8) is 0 Å². The molecule has 0 atom stereocenters. The van der Waals surface area contributed by atoms with Gasteiger partial charge in [0.05, 0.1) is 12.0 Å². The number of methoxy groups -OCH3 is 1. The fourth-order valence-electron chi connectivity index (χ4n) is 2.76. The van der Waals surface area contributed by atoms with Gasteiger partial charge in [-0.1, -0.05) is 68.2 Å². The van der Waals surface area contributed by atoms with E-state index in [-0.39, 0.29) is 5.91 Å². The molecule has 0 radical (unpaired) electrons. The highest BCUT2D eigenvalue weighted by molar-refractivity contribution is 8.26. The summed E-state index contributed by atoms with van der Waals surface area (Å²) in [4.78, 5) is 15.0. The lowest BCUT2D eigenvalue weighted by Crippen LogP contribution is -2.31. The van der Waals surface area contributed by atoms with E-state index >= 15 is 0 Å². The van der Waals surface area contributed by atoms with Gasteiger partial charge < -0.3 is 4.74 Å². The van der Waals surface area contributed by atoms with Gasteiger partial charge in [-0.3, -0.25) is 9.69 Å². The van der Waals surface area contributed by atoms with E-state index in [1.807, 2.05) is 36.4 Å². The zero-order valence-corrected chi connectivity index (χ0v) is 15.5. The van der Waals surface area contributed by atoms with Gasteiger partial charge in [0.1, 0.15) is 10.1 Å². The maximum atomic E-state index is 12.7. The summed E-state index contributed by atoms with van der Waals surface area (Å²) in [6, 6.07) is 12.0. The summed E-state index contributed by atoms with van der Waals surface area (Å²) >= 11 is 6.74. The molecule has 2 aromatic carbocycles. The van der Waals surface area contributed by atoms with Crippen molar-refractivity contribution in [1.29, 1.82) is 0 Å². The second-order valence-corrected chi connectivity index (χ2v) is 7.76. The van der Waals surface area contributed by atoms with Crippen molar-refractivity contribution in [1.82, 2.24) is 4.90 Å². The minimum atomic E-state index is -0.0197. The molecule has 2 aromatic rings. The number of hydrogen-bond acceptors (Lipinski definition) is 4. The number of ether oxygens (including phenoxy) is 1. The number of carbonyl (C=O) groups excluding carboxylic acids is 1. The van der Waals surface area contributed by atoms with Crippen LogP contribution in [0, 0.1) is 5.92 Å². The van der Waals surface area contributed by atoms with E-state index in [9.17, 15) is 4.79 Å². The lowest BCUT2D eigenvalue weighted by atomic mass is 10.0. The van der Waals surface area contributed by atoms with E-state index < -0.39 is 0 Å². The Bertz CT molecular complexity index is 842. The fraction of sp³-hybridized carbons (Fsp3) is 0.263. The molecule has 0 aliphatic carbocycles. The molecule has 0 spiro atoms. The molecular weight excluding hydrogens is 338 g/mol. The zero-order valence-electron chi connectivity index (χ0n) is 13.9. The van der Waals surface area contributed by atoms with Crippen LogP contribution in [0.5, 0.6) is 5.75 Å². The third-order valence-electron chi connectivity index (χ3n) is 3.85. The Kier molecular flexibility index (Phi) is 4.92. The average Bonchev–Trinajstić information content (AvgIpc) is 2.82. The summed E-state index contributed by atoms with van der Waals surface area (Å²) in [5.74, 6) is 1.11. The molecule has 1 saturated heterocycles. The van der Waals surface area contributed by atoms with E-state index in [0.717, 1.165) is 22.1 Å². The van der Waals surface area contributed by atoms with Crippen molar-refractivity contribution >= 4 is 51.1 Å². The van der Waals surface area contributed by atoms with Gasteiger partial charge in [0, 0.05) is 12.1 Å². The van der Waals surface area contributed by atoms with Crippen LogP contribution < -0.4 is 4.74 Å². The van der Waals surface area contributed by atoms with Gasteiger partial charge in [-0.2, -0.15) is 0 Å². The van der Waals surface area contributed by atoms with Crippen LogP contribution in [-0.4, -0.2) is 28.8 Å². The molecular formula is C19H19NO2S2. The number of fused-ring (bicyclic) bond motifs is 1. The smallest absolute Gasteiger partial charge is 0.266 e. The van der Waals surface area contributed by atoms with Crippen molar-refractivity contribution in [3.05, 3.63) is 46.9 Å². The van der Waals surface area contributed by atoms with Crippen LogP contribution in [0.25, 0.3) is 16.8 Å². The molecule has 3 rings (SSSR count). The van der Waals surface area contributed by atoms with E-state index in [2.05, 4.69) is 19.9 Å². The lowest BCUT2D eigenvalue weighted by Gasteiger charge is -2.16. The first-order valence-electron chi connectivity index (χ1n) is 7.82. The molecule has 1 fully saturated rings. The maximum Gasteiger partial charge on any atom is 0.266 e. The van der Waals surface area contributed by atoms with E-state index in [1.165, 1.54) is 11.8 Å². The highest BCUT2D eigenvalue weighted by Gasteiger charge is 2.32. The fourth-order valence-corrected chi connectivity index (χ4v) is 4.01. The van der Waals surface area contributed by atoms with Crippen molar-refractivity contribution in [2.75, 3.05) is 13.7 Å². The summed E-state index contributed by atoms with van der Waals surface area (Å²) < 4.78 is 6.13. The Balaban J connectivity index is 2.07. The second-order valence-electron chi connectivity index (χ2n) is 6.09. The Morgan fingerprint density at radius 1 is 1.25 bits per heavy atom. The van der Waals surface area contributed by atoms with Crippen molar-refractivity contribution in [2.45, 2.75) is 13.8 Å². The molecule has 124 valence electrons. The molecule has 1 amide bonds.